The molecule has 0 N–H and O–H groups in total. The molecular formula is C8H20O. The Labute approximate surface area is 59.4 Å². The van der Waals surface area contributed by atoms with Crippen molar-refractivity contribution in [1.29, 1.82) is 0 Å². The van der Waals surface area contributed by atoms with E-state index in [0.29, 0.717) is 12.0 Å². The van der Waals surface area contributed by atoms with Gasteiger partial charge in [-0.15, -0.1) is 0 Å². The minimum atomic E-state index is 0. The van der Waals surface area contributed by atoms with Crippen molar-refractivity contribution in [1.82, 2.24) is 0 Å². The van der Waals surface area contributed by atoms with Crippen molar-refractivity contribution in [2.24, 2.45) is 5.92 Å². The lowest BCUT2D eigenvalue weighted by Crippen LogP contribution is -2.08. The lowest BCUT2D eigenvalue weighted by Gasteiger charge is -2.08. The first kappa shape index (κ1) is 11.7. The van der Waals surface area contributed by atoms with E-state index in [9.17, 15) is 0 Å². The van der Waals surface area contributed by atoms with Gasteiger partial charge < -0.3 is 4.74 Å². The Hall–Kier alpha value is -0.0400. The van der Waals surface area contributed by atoms with E-state index in [4.69, 9.17) is 4.74 Å². The lowest BCUT2D eigenvalue weighted by molar-refractivity contribution is 0.0593. The second-order valence-corrected chi connectivity index (χ2v) is 2.78. The average molecular weight is 132 g/mol. The molecule has 1 nitrogen and oxygen atoms in total. The summed E-state index contributed by atoms with van der Waals surface area (Å²) in [5.41, 5.74) is 0. The Bertz CT molecular complexity index is 40.5. The number of ether oxygens (including phenoxy) is 1. The number of rotatable bonds is 3. The molecule has 0 aliphatic rings. The van der Waals surface area contributed by atoms with Gasteiger partial charge in [-0.2, -0.15) is 0 Å². The van der Waals surface area contributed by atoms with Crippen LogP contribution in [-0.4, -0.2) is 12.7 Å². The third-order valence-electron chi connectivity index (χ3n) is 0.763. The van der Waals surface area contributed by atoms with Crippen molar-refractivity contribution in [2.75, 3.05) is 6.61 Å². The summed E-state index contributed by atoms with van der Waals surface area (Å²) in [6.07, 6.45) is 0.386. The van der Waals surface area contributed by atoms with Gasteiger partial charge in [0.2, 0.25) is 0 Å². The van der Waals surface area contributed by atoms with Crippen LogP contribution < -0.4 is 0 Å². The van der Waals surface area contributed by atoms with Crippen molar-refractivity contribution >= 4 is 0 Å². The molecule has 0 amide bonds. The molecule has 0 radical (unpaired) electrons. The zero-order chi connectivity index (χ0) is 6.57. The molecule has 0 saturated carbocycles. The summed E-state index contributed by atoms with van der Waals surface area (Å²) < 4.78 is 5.30. The van der Waals surface area contributed by atoms with Crippen LogP contribution in [0.5, 0.6) is 0 Å². The Balaban J connectivity index is 0. The lowest BCUT2D eigenvalue weighted by atomic mass is 10.2. The van der Waals surface area contributed by atoms with Crippen LogP contribution in [0.1, 0.15) is 35.1 Å². The van der Waals surface area contributed by atoms with Crippen LogP contribution >= 0.6 is 0 Å². The fourth-order valence-corrected chi connectivity index (χ4v) is 0.385. The highest BCUT2D eigenvalue weighted by Gasteiger charge is 1.94. The van der Waals surface area contributed by atoms with Crippen molar-refractivity contribution in [3.63, 3.8) is 0 Å². The smallest absolute Gasteiger partial charge is 0.0518 e. The molecule has 0 aliphatic carbocycles. The molecule has 0 spiro atoms. The second kappa shape index (κ2) is 6.09. The van der Waals surface area contributed by atoms with Crippen LogP contribution in [-0.2, 0) is 4.74 Å². The SMILES string of the molecule is C.CC(C)COC(C)C. The molecule has 58 valence electrons. The molecule has 0 aromatic heterocycles. The van der Waals surface area contributed by atoms with Gasteiger partial charge in [-0.3, -0.25) is 0 Å². The normalized spacial score (nSPS) is 10.0. The quantitative estimate of drug-likeness (QED) is 0.573. The van der Waals surface area contributed by atoms with Crippen molar-refractivity contribution in [2.45, 2.75) is 41.2 Å². The first-order chi connectivity index (χ1) is 3.63. The van der Waals surface area contributed by atoms with Gasteiger partial charge in [0.15, 0.2) is 0 Å². The second-order valence-electron chi connectivity index (χ2n) is 2.78. The van der Waals surface area contributed by atoms with Gasteiger partial charge in [-0.1, -0.05) is 21.3 Å². The van der Waals surface area contributed by atoms with Crippen LogP contribution in [0.3, 0.4) is 0 Å². The van der Waals surface area contributed by atoms with Crippen molar-refractivity contribution in [3.8, 4) is 0 Å². The molecule has 0 saturated heterocycles. The van der Waals surface area contributed by atoms with E-state index in [1.165, 1.54) is 0 Å². The third kappa shape index (κ3) is 11.5. The maximum absolute atomic E-state index is 5.30. The van der Waals surface area contributed by atoms with Gasteiger partial charge in [-0.05, 0) is 19.8 Å². The van der Waals surface area contributed by atoms with Gasteiger partial charge in [0, 0.05) is 6.61 Å². The van der Waals surface area contributed by atoms with Crippen molar-refractivity contribution in [3.05, 3.63) is 0 Å². The van der Waals surface area contributed by atoms with E-state index in [0.717, 1.165) is 6.61 Å². The monoisotopic (exact) mass is 132 g/mol. The minimum Gasteiger partial charge on any atom is -0.379 e. The van der Waals surface area contributed by atoms with E-state index < -0.39 is 0 Å². The highest BCUT2D eigenvalue weighted by molar-refractivity contribution is 4.41. The molecule has 0 heterocycles. The summed E-state index contributed by atoms with van der Waals surface area (Å²) in [6.45, 7) is 9.31. The number of hydrogen-bond donors (Lipinski definition) is 0. The van der Waals surface area contributed by atoms with Gasteiger partial charge in [-0.25, -0.2) is 0 Å². The Morgan fingerprint density at radius 2 is 1.56 bits per heavy atom. The standard InChI is InChI=1S/C7H16O.CH4/c1-6(2)5-8-7(3)4;/h6-7H,5H2,1-4H3;1H4. The molecule has 0 aromatic rings. The molecule has 0 aromatic carbocycles. The molecule has 0 rings (SSSR count). The third-order valence-corrected chi connectivity index (χ3v) is 0.763. The summed E-state index contributed by atoms with van der Waals surface area (Å²) >= 11 is 0. The fraction of sp³-hybridized carbons (Fsp3) is 1.00. The molecule has 1 heteroatoms. The van der Waals surface area contributed by atoms with Gasteiger partial charge >= 0.3 is 0 Å². The molecule has 0 unspecified atom stereocenters. The van der Waals surface area contributed by atoms with Crippen LogP contribution in [0.25, 0.3) is 0 Å². The molecule has 0 bridgehead atoms. The fourth-order valence-electron chi connectivity index (χ4n) is 0.385. The largest absolute Gasteiger partial charge is 0.379 e. The van der Waals surface area contributed by atoms with Crippen LogP contribution in [0, 0.1) is 5.92 Å². The zero-order valence-electron chi connectivity index (χ0n) is 6.27. The molecular weight excluding hydrogens is 112 g/mol. The summed E-state index contributed by atoms with van der Waals surface area (Å²) in [5, 5.41) is 0. The van der Waals surface area contributed by atoms with Crippen LogP contribution in [0.4, 0.5) is 0 Å². The molecule has 0 fully saturated rings. The van der Waals surface area contributed by atoms with Crippen molar-refractivity contribution < 1.29 is 4.74 Å². The first-order valence-corrected chi connectivity index (χ1v) is 3.24. The van der Waals surface area contributed by atoms with E-state index in [-0.39, 0.29) is 7.43 Å². The van der Waals surface area contributed by atoms with E-state index in [1.54, 1.807) is 0 Å². The Morgan fingerprint density at radius 1 is 1.11 bits per heavy atom. The summed E-state index contributed by atoms with van der Waals surface area (Å²) in [7, 11) is 0. The highest BCUT2D eigenvalue weighted by atomic mass is 16.5. The predicted molar refractivity (Wildman–Crippen MR) is 42.7 cm³/mol. The summed E-state index contributed by atoms with van der Waals surface area (Å²) in [5.74, 6) is 0.664. The van der Waals surface area contributed by atoms with Gasteiger partial charge in [0.25, 0.3) is 0 Å². The van der Waals surface area contributed by atoms with E-state index in [1.807, 2.05) is 0 Å². The molecule has 9 heavy (non-hydrogen) atoms. The van der Waals surface area contributed by atoms with Crippen LogP contribution in [0.15, 0.2) is 0 Å². The van der Waals surface area contributed by atoms with Gasteiger partial charge in [0.1, 0.15) is 0 Å². The Kier molecular flexibility index (Phi) is 7.92. The Morgan fingerprint density at radius 3 is 1.67 bits per heavy atom. The van der Waals surface area contributed by atoms with E-state index >= 15 is 0 Å². The van der Waals surface area contributed by atoms with Crippen LogP contribution in [0.2, 0.25) is 0 Å². The highest BCUT2D eigenvalue weighted by Crippen LogP contribution is 1.95. The topological polar surface area (TPSA) is 9.23 Å². The predicted octanol–water partition coefficient (Wildman–Crippen LogP) is 2.70. The summed E-state index contributed by atoms with van der Waals surface area (Å²) in [4.78, 5) is 0. The number of hydrogen-bond acceptors (Lipinski definition) is 1. The minimum absolute atomic E-state index is 0. The first-order valence-electron chi connectivity index (χ1n) is 3.24. The molecule has 0 aliphatic heterocycles. The zero-order valence-corrected chi connectivity index (χ0v) is 6.27. The maximum Gasteiger partial charge on any atom is 0.0518 e. The maximum atomic E-state index is 5.30. The summed E-state index contributed by atoms with van der Waals surface area (Å²) in [6, 6.07) is 0. The van der Waals surface area contributed by atoms with Gasteiger partial charge in [0.05, 0.1) is 6.10 Å². The van der Waals surface area contributed by atoms with E-state index in [2.05, 4.69) is 27.7 Å². The molecule has 0 atom stereocenters. The average Bonchev–Trinajstić information content (AvgIpc) is 1.61.